The van der Waals surface area contributed by atoms with E-state index in [9.17, 15) is 0 Å². The van der Waals surface area contributed by atoms with Crippen LogP contribution in [0.25, 0.3) is 0 Å². The van der Waals surface area contributed by atoms with Crippen LogP contribution in [-0.2, 0) is 6.42 Å². The molecule has 26 heavy (non-hydrogen) atoms. The molecule has 0 amide bonds. The van der Waals surface area contributed by atoms with Crippen molar-refractivity contribution in [3.63, 3.8) is 0 Å². The van der Waals surface area contributed by atoms with Crippen molar-refractivity contribution in [2.75, 3.05) is 50.5 Å². The molecule has 6 nitrogen and oxygen atoms in total. The molecule has 0 aliphatic carbocycles. The summed E-state index contributed by atoms with van der Waals surface area (Å²) < 4.78 is 0. The number of hydrogen-bond acceptors (Lipinski definition) is 6. The van der Waals surface area contributed by atoms with Gasteiger partial charge >= 0.3 is 0 Å². The maximum Gasteiger partial charge on any atom is 0.247 e. The summed E-state index contributed by atoms with van der Waals surface area (Å²) in [5, 5.41) is 11.7. The van der Waals surface area contributed by atoms with Gasteiger partial charge in [-0.2, -0.15) is 10.1 Å². The van der Waals surface area contributed by atoms with Crippen LogP contribution in [0.4, 0.5) is 11.8 Å². The molecule has 0 spiro atoms. The molecule has 1 aromatic carbocycles. The highest BCUT2D eigenvalue weighted by molar-refractivity contribution is 5.39. The summed E-state index contributed by atoms with van der Waals surface area (Å²) in [6.07, 6.45) is 6.32. The first-order valence-corrected chi connectivity index (χ1v) is 9.58. The molecular weight excluding hydrogens is 324 g/mol. The van der Waals surface area contributed by atoms with Crippen LogP contribution in [0.5, 0.6) is 0 Å². The molecule has 0 bridgehead atoms. The van der Waals surface area contributed by atoms with Gasteiger partial charge in [-0.05, 0) is 57.8 Å². The molecule has 0 saturated carbocycles. The van der Waals surface area contributed by atoms with Crippen LogP contribution in [0.1, 0.15) is 24.8 Å². The smallest absolute Gasteiger partial charge is 0.247 e. The Hall–Kier alpha value is -2.21. The van der Waals surface area contributed by atoms with E-state index in [0.717, 1.165) is 50.3 Å². The van der Waals surface area contributed by atoms with E-state index in [1.54, 1.807) is 6.20 Å². The lowest BCUT2D eigenvalue weighted by Crippen LogP contribution is -2.35. The lowest BCUT2D eigenvalue weighted by molar-refractivity contribution is 0.400. The van der Waals surface area contributed by atoms with E-state index < -0.39 is 0 Å². The van der Waals surface area contributed by atoms with E-state index >= 15 is 0 Å². The average Bonchev–Trinajstić information content (AvgIpc) is 2.67. The summed E-state index contributed by atoms with van der Waals surface area (Å²) in [4.78, 5) is 9.10. The molecule has 0 atom stereocenters. The van der Waals surface area contributed by atoms with E-state index in [1.807, 2.05) is 0 Å². The topological polar surface area (TPSA) is 57.2 Å². The van der Waals surface area contributed by atoms with Gasteiger partial charge in [-0.25, -0.2) is 0 Å². The second-order valence-corrected chi connectivity index (χ2v) is 7.35. The molecule has 1 saturated heterocycles. The molecule has 0 radical (unpaired) electrons. The zero-order valence-corrected chi connectivity index (χ0v) is 15.9. The minimum absolute atomic E-state index is 0.744. The molecule has 1 aromatic heterocycles. The van der Waals surface area contributed by atoms with E-state index in [1.165, 1.54) is 24.8 Å². The largest absolute Gasteiger partial charge is 0.369 e. The van der Waals surface area contributed by atoms with E-state index in [4.69, 9.17) is 0 Å². The first-order valence-electron chi connectivity index (χ1n) is 9.58. The summed E-state index contributed by atoms with van der Waals surface area (Å²) in [6.45, 7) is 3.97. The van der Waals surface area contributed by atoms with Gasteiger partial charge in [0.15, 0.2) is 5.82 Å². The summed E-state index contributed by atoms with van der Waals surface area (Å²) in [6, 6.07) is 10.8. The third-order valence-electron chi connectivity index (χ3n) is 4.90. The Balaban J connectivity index is 1.47. The van der Waals surface area contributed by atoms with Crippen LogP contribution < -0.4 is 10.2 Å². The van der Waals surface area contributed by atoms with E-state index in [2.05, 4.69) is 74.7 Å². The lowest BCUT2D eigenvalue weighted by atomic mass is 9.90. The summed E-state index contributed by atoms with van der Waals surface area (Å²) in [7, 11) is 4.18. The third-order valence-corrected chi connectivity index (χ3v) is 4.90. The Morgan fingerprint density at radius 2 is 1.92 bits per heavy atom. The van der Waals surface area contributed by atoms with Gasteiger partial charge in [0.1, 0.15) is 0 Å². The summed E-state index contributed by atoms with van der Waals surface area (Å²) in [5.74, 6) is 2.31. The Kier molecular flexibility index (Phi) is 6.77. The molecule has 1 fully saturated rings. The Bertz CT molecular complexity index is 652. The highest BCUT2D eigenvalue weighted by Gasteiger charge is 2.21. The monoisotopic (exact) mass is 354 g/mol. The first kappa shape index (κ1) is 18.6. The normalized spacial score (nSPS) is 15.4. The van der Waals surface area contributed by atoms with Crippen molar-refractivity contribution >= 4 is 11.8 Å². The van der Waals surface area contributed by atoms with Crippen molar-refractivity contribution in [2.45, 2.75) is 25.7 Å². The SMILES string of the molecule is CN(C)CCCNc1cnnc(N2CCC(Cc3ccccc3)CC2)n1. The molecule has 3 rings (SSSR count). The van der Waals surface area contributed by atoms with Gasteiger partial charge in [0, 0.05) is 19.6 Å². The number of hydrogen-bond donors (Lipinski definition) is 1. The molecular formula is C20H30N6. The van der Waals surface area contributed by atoms with E-state index in [-0.39, 0.29) is 0 Å². The zero-order chi connectivity index (χ0) is 18.2. The number of nitrogens with one attached hydrogen (secondary N) is 1. The second-order valence-electron chi connectivity index (χ2n) is 7.35. The van der Waals surface area contributed by atoms with Crippen LogP contribution in [0.2, 0.25) is 0 Å². The van der Waals surface area contributed by atoms with Gasteiger partial charge in [-0.1, -0.05) is 30.3 Å². The van der Waals surface area contributed by atoms with Crippen LogP contribution >= 0.6 is 0 Å². The van der Waals surface area contributed by atoms with Crippen LogP contribution in [0.15, 0.2) is 36.5 Å². The van der Waals surface area contributed by atoms with Gasteiger partial charge in [0.2, 0.25) is 5.95 Å². The van der Waals surface area contributed by atoms with Gasteiger partial charge in [0.25, 0.3) is 0 Å². The average molecular weight is 355 g/mol. The first-order chi connectivity index (χ1) is 12.7. The third kappa shape index (κ3) is 5.66. The minimum atomic E-state index is 0.744. The molecule has 6 heteroatoms. The number of rotatable bonds is 8. The van der Waals surface area contributed by atoms with Gasteiger partial charge < -0.3 is 15.1 Å². The standard InChI is InChI=1S/C20H30N6/c1-25(2)12-6-11-21-19-16-22-24-20(23-19)26-13-9-18(10-14-26)15-17-7-4-3-5-8-17/h3-5,7-8,16,18H,6,9-15H2,1-2H3,(H,21,23,24). The minimum Gasteiger partial charge on any atom is -0.369 e. The fraction of sp³-hybridized carbons (Fsp3) is 0.550. The molecule has 2 heterocycles. The highest BCUT2D eigenvalue weighted by Crippen LogP contribution is 2.24. The molecule has 0 unspecified atom stereocenters. The summed E-state index contributed by atoms with van der Waals surface area (Å²) in [5.41, 5.74) is 1.44. The Labute approximate surface area is 156 Å². The van der Waals surface area contributed by atoms with Crippen LogP contribution in [-0.4, -0.2) is 60.4 Å². The number of aromatic nitrogens is 3. The molecule has 2 aromatic rings. The summed E-state index contributed by atoms with van der Waals surface area (Å²) >= 11 is 0. The lowest BCUT2D eigenvalue weighted by Gasteiger charge is -2.31. The Morgan fingerprint density at radius 1 is 1.15 bits per heavy atom. The zero-order valence-electron chi connectivity index (χ0n) is 15.9. The number of piperidine rings is 1. The number of benzene rings is 1. The maximum absolute atomic E-state index is 4.65. The van der Waals surface area contributed by atoms with Crippen LogP contribution in [0.3, 0.4) is 0 Å². The molecule has 140 valence electrons. The van der Waals surface area contributed by atoms with Crippen LogP contribution in [0, 0.1) is 5.92 Å². The Morgan fingerprint density at radius 3 is 2.65 bits per heavy atom. The van der Waals surface area contributed by atoms with Gasteiger partial charge in [0.05, 0.1) is 6.20 Å². The van der Waals surface area contributed by atoms with E-state index in [0.29, 0.717) is 0 Å². The molecule has 1 N–H and O–H groups in total. The maximum atomic E-state index is 4.65. The number of nitrogens with zero attached hydrogens (tertiary/aromatic N) is 5. The molecule has 1 aliphatic rings. The predicted molar refractivity (Wildman–Crippen MR) is 107 cm³/mol. The van der Waals surface area contributed by atoms with Gasteiger partial charge in [-0.15, -0.1) is 5.10 Å². The highest BCUT2D eigenvalue weighted by atomic mass is 15.3. The van der Waals surface area contributed by atoms with Crippen molar-refractivity contribution < 1.29 is 0 Å². The van der Waals surface area contributed by atoms with Crippen molar-refractivity contribution in [3.05, 3.63) is 42.1 Å². The molecule has 1 aliphatic heterocycles. The van der Waals surface area contributed by atoms with Crippen molar-refractivity contribution in [1.82, 2.24) is 20.1 Å². The van der Waals surface area contributed by atoms with Crippen molar-refractivity contribution in [3.8, 4) is 0 Å². The van der Waals surface area contributed by atoms with Gasteiger partial charge in [-0.3, -0.25) is 0 Å². The van der Waals surface area contributed by atoms with Crippen molar-refractivity contribution in [1.29, 1.82) is 0 Å². The number of anilines is 2. The fourth-order valence-corrected chi connectivity index (χ4v) is 3.41. The fourth-order valence-electron chi connectivity index (χ4n) is 3.41. The quantitative estimate of drug-likeness (QED) is 0.736. The van der Waals surface area contributed by atoms with Crippen molar-refractivity contribution in [2.24, 2.45) is 5.92 Å². The predicted octanol–water partition coefficient (Wildman–Crippen LogP) is 2.69. The second kappa shape index (κ2) is 9.48.